The van der Waals surface area contributed by atoms with Gasteiger partial charge in [0.05, 0.1) is 17.0 Å². The van der Waals surface area contributed by atoms with Crippen LogP contribution in [0, 0.1) is 0 Å². The molecule has 1 aromatic carbocycles. The van der Waals surface area contributed by atoms with Crippen LogP contribution in [0.2, 0.25) is 0 Å². The Labute approximate surface area is 189 Å². The predicted octanol–water partition coefficient (Wildman–Crippen LogP) is 5.93. The van der Waals surface area contributed by atoms with E-state index in [9.17, 15) is 22.8 Å². The fourth-order valence-electron chi connectivity index (χ4n) is 4.72. The van der Waals surface area contributed by atoms with E-state index < -0.39 is 11.7 Å². The molecule has 2 aliphatic heterocycles. The maximum Gasteiger partial charge on any atom is 0.416 e. The Bertz CT molecular complexity index is 996. The van der Waals surface area contributed by atoms with Crippen molar-refractivity contribution in [3.63, 3.8) is 0 Å². The molecular weight excluding hydrogens is 441 g/mol. The third kappa shape index (κ3) is 4.44. The molecule has 2 aliphatic rings. The molecule has 0 N–H and O–H groups in total. The number of hydrogen-bond acceptors (Lipinski definition) is 4. The Morgan fingerprint density at radius 3 is 2.56 bits per heavy atom. The van der Waals surface area contributed by atoms with Gasteiger partial charge in [0.2, 0.25) is 0 Å². The number of likely N-dealkylation sites (tertiary alicyclic amines) is 2. The number of ether oxygens (including phenoxy) is 1. The van der Waals surface area contributed by atoms with Crippen molar-refractivity contribution in [2.75, 3.05) is 26.2 Å². The van der Waals surface area contributed by atoms with E-state index in [0.717, 1.165) is 49.2 Å². The number of carbonyl (C=O) groups is 2. The molecular formula is C23H27F3N2O3S. The summed E-state index contributed by atoms with van der Waals surface area (Å²) in [6.45, 7) is 4.16. The van der Waals surface area contributed by atoms with E-state index in [0.29, 0.717) is 54.0 Å². The van der Waals surface area contributed by atoms with Crippen LogP contribution in [0.3, 0.4) is 0 Å². The molecule has 1 aromatic heterocycles. The lowest BCUT2D eigenvalue weighted by Gasteiger charge is -2.44. The van der Waals surface area contributed by atoms with Crippen LogP contribution < -0.4 is 0 Å². The highest BCUT2D eigenvalue weighted by Crippen LogP contribution is 2.41. The lowest BCUT2D eigenvalue weighted by atomic mass is 9.85. The largest absolute Gasteiger partial charge is 0.449 e. The molecule has 0 radical (unpaired) electrons. The molecule has 2 saturated heterocycles. The third-order valence-corrected chi connectivity index (χ3v) is 7.66. The van der Waals surface area contributed by atoms with Gasteiger partial charge in [-0.05, 0) is 55.7 Å². The molecule has 2 amide bonds. The van der Waals surface area contributed by atoms with Crippen LogP contribution in [0.15, 0.2) is 24.3 Å². The van der Waals surface area contributed by atoms with Crippen molar-refractivity contribution >= 4 is 33.4 Å². The second-order valence-corrected chi connectivity index (χ2v) is 9.68. The molecule has 5 nitrogen and oxygen atoms in total. The summed E-state index contributed by atoms with van der Waals surface area (Å²) in [6, 6.07) is 5.28. The molecule has 4 rings (SSSR count). The number of amides is 2. The Morgan fingerprint density at radius 2 is 1.88 bits per heavy atom. The van der Waals surface area contributed by atoms with Gasteiger partial charge < -0.3 is 14.5 Å². The molecule has 0 unspecified atom stereocenters. The number of unbranched alkanes of at least 4 members (excludes halogenated alkanes) is 1. The number of rotatable bonds is 4. The zero-order chi connectivity index (χ0) is 22.9. The van der Waals surface area contributed by atoms with Gasteiger partial charge in [-0.1, -0.05) is 19.4 Å². The maximum atomic E-state index is 13.4. The Balaban J connectivity index is 1.47. The second kappa shape index (κ2) is 8.92. The maximum absolute atomic E-state index is 13.4. The molecule has 3 heterocycles. The minimum absolute atomic E-state index is 0.128. The average molecular weight is 469 g/mol. The van der Waals surface area contributed by atoms with Crippen LogP contribution in [0.5, 0.6) is 0 Å². The first-order valence-electron chi connectivity index (χ1n) is 11.1. The second-order valence-electron chi connectivity index (χ2n) is 8.60. The molecule has 0 atom stereocenters. The van der Waals surface area contributed by atoms with Gasteiger partial charge in [0, 0.05) is 29.9 Å². The van der Waals surface area contributed by atoms with E-state index in [1.807, 2.05) is 11.8 Å². The van der Waals surface area contributed by atoms with Gasteiger partial charge in [-0.25, -0.2) is 4.79 Å². The van der Waals surface area contributed by atoms with Crippen LogP contribution in [-0.2, 0) is 10.9 Å². The number of piperidine rings is 1. The number of hydrogen-bond donors (Lipinski definition) is 0. The van der Waals surface area contributed by atoms with Crippen molar-refractivity contribution < 1.29 is 27.5 Å². The van der Waals surface area contributed by atoms with E-state index in [4.69, 9.17) is 4.74 Å². The molecule has 32 heavy (non-hydrogen) atoms. The Hall–Kier alpha value is -2.29. The van der Waals surface area contributed by atoms with E-state index in [1.165, 1.54) is 6.07 Å². The topological polar surface area (TPSA) is 49.9 Å². The normalized spacial score (nSPS) is 18.5. The lowest BCUT2D eigenvalue weighted by molar-refractivity contribution is -0.137. The Morgan fingerprint density at radius 1 is 1.12 bits per heavy atom. The van der Waals surface area contributed by atoms with Crippen molar-refractivity contribution in [3.05, 3.63) is 34.7 Å². The molecule has 0 bridgehead atoms. The smallest absolute Gasteiger partial charge is 0.416 e. The van der Waals surface area contributed by atoms with Gasteiger partial charge in [-0.15, -0.1) is 11.3 Å². The van der Waals surface area contributed by atoms with Crippen molar-refractivity contribution in [1.82, 2.24) is 9.80 Å². The van der Waals surface area contributed by atoms with E-state index in [-0.39, 0.29) is 17.5 Å². The number of benzene rings is 1. The molecule has 0 saturated carbocycles. The summed E-state index contributed by atoms with van der Waals surface area (Å²) >= 11 is 1.11. The number of nitrogens with zero attached hydrogens (tertiary/aromatic N) is 2. The summed E-state index contributed by atoms with van der Waals surface area (Å²) in [4.78, 5) is 29.7. The summed E-state index contributed by atoms with van der Waals surface area (Å²) in [7, 11) is 0. The van der Waals surface area contributed by atoms with E-state index >= 15 is 0 Å². The van der Waals surface area contributed by atoms with Crippen molar-refractivity contribution in [2.45, 2.75) is 57.2 Å². The average Bonchev–Trinajstić information content (AvgIpc) is 3.37. The summed E-state index contributed by atoms with van der Waals surface area (Å²) in [5.74, 6) is -0.128. The van der Waals surface area contributed by atoms with Gasteiger partial charge in [0.15, 0.2) is 0 Å². The zero-order valence-electron chi connectivity index (χ0n) is 18.0. The van der Waals surface area contributed by atoms with Crippen LogP contribution in [0.4, 0.5) is 18.0 Å². The molecule has 2 aromatic rings. The summed E-state index contributed by atoms with van der Waals surface area (Å²) in [6.07, 6.45) is 0.224. The van der Waals surface area contributed by atoms with Crippen LogP contribution in [0.25, 0.3) is 10.1 Å². The molecule has 174 valence electrons. The lowest BCUT2D eigenvalue weighted by Crippen LogP contribution is -2.55. The van der Waals surface area contributed by atoms with Gasteiger partial charge in [0.25, 0.3) is 5.91 Å². The third-order valence-electron chi connectivity index (χ3n) is 6.58. The van der Waals surface area contributed by atoms with Gasteiger partial charge in [0.1, 0.15) is 0 Å². The first-order chi connectivity index (χ1) is 15.2. The summed E-state index contributed by atoms with van der Waals surface area (Å²) in [5.41, 5.74) is -1.01. The van der Waals surface area contributed by atoms with Crippen LogP contribution >= 0.6 is 11.3 Å². The minimum atomic E-state index is -4.41. The first kappa shape index (κ1) is 22.9. The monoisotopic (exact) mass is 468 g/mol. The van der Waals surface area contributed by atoms with Gasteiger partial charge in [-0.2, -0.15) is 13.2 Å². The van der Waals surface area contributed by atoms with Gasteiger partial charge in [-0.3, -0.25) is 4.79 Å². The number of fused-ring (bicyclic) bond motifs is 1. The zero-order valence-corrected chi connectivity index (χ0v) is 18.9. The molecule has 2 fully saturated rings. The molecule has 1 spiro atoms. The highest BCUT2D eigenvalue weighted by atomic mass is 32.1. The quantitative estimate of drug-likeness (QED) is 0.523. The van der Waals surface area contributed by atoms with Gasteiger partial charge >= 0.3 is 12.3 Å². The van der Waals surface area contributed by atoms with Crippen molar-refractivity contribution in [2.24, 2.45) is 0 Å². The SMILES string of the molecule is CCCCOC(=O)N1CCC2(CCCN2C(=O)c2cc3ccc(C(F)(F)F)cc3s2)CC1. The highest BCUT2D eigenvalue weighted by molar-refractivity contribution is 7.20. The molecule has 9 heteroatoms. The summed E-state index contributed by atoms with van der Waals surface area (Å²) < 4.78 is 44.9. The number of halogens is 3. The summed E-state index contributed by atoms with van der Waals surface area (Å²) in [5, 5.41) is 0.643. The predicted molar refractivity (Wildman–Crippen MR) is 117 cm³/mol. The highest BCUT2D eigenvalue weighted by Gasteiger charge is 2.46. The van der Waals surface area contributed by atoms with Crippen LogP contribution in [0.1, 0.15) is 60.7 Å². The number of thiophene rings is 1. The number of carbonyl (C=O) groups excluding carboxylic acids is 2. The fraction of sp³-hybridized carbons (Fsp3) is 0.565. The first-order valence-corrected chi connectivity index (χ1v) is 11.9. The standard InChI is InChI=1S/C23H27F3N2O3S/c1-2-3-13-31-21(30)27-11-8-22(9-12-27)7-4-10-28(22)20(29)19-14-16-5-6-17(23(24,25)26)15-18(16)32-19/h5-6,14-15H,2-4,7-13H2,1H3. The van der Waals surface area contributed by atoms with Crippen LogP contribution in [-0.4, -0.2) is 53.6 Å². The Kier molecular flexibility index (Phi) is 6.38. The van der Waals surface area contributed by atoms with Crippen molar-refractivity contribution in [1.29, 1.82) is 0 Å². The molecule has 0 aliphatic carbocycles. The number of alkyl halides is 3. The minimum Gasteiger partial charge on any atom is -0.449 e. The fourth-order valence-corrected chi connectivity index (χ4v) is 5.77. The van der Waals surface area contributed by atoms with E-state index in [1.54, 1.807) is 11.0 Å². The van der Waals surface area contributed by atoms with Crippen molar-refractivity contribution in [3.8, 4) is 0 Å². The van der Waals surface area contributed by atoms with E-state index in [2.05, 4.69) is 0 Å².